The van der Waals surface area contributed by atoms with Crippen LogP contribution in [0.5, 0.6) is 0 Å². The number of fused-ring (bicyclic) bond motifs is 1. The molecule has 2 amide bonds. The van der Waals surface area contributed by atoms with Gasteiger partial charge < -0.3 is 11.1 Å². The number of thiophene rings is 1. The molecular formula is C21H20F3N7O2S. The maximum absolute atomic E-state index is 13.7. The van der Waals surface area contributed by atoms with Gasteiger partial charge in [0.2, 0.25) is 0 Å². The van der Waals surface area contributed by atoms with Gasteiger partial charge in [-0.2, -0.15) is 23.4 Å². The second kappa shape index (κ2) is 8.24. The van der Waals surface area contributed by atoms with Gasteiger partial charge in [-0.3, -0.25) is 19.0 Å². The van der Waals surface area contributed by atoms with E-state index in [4.69, 9.17) is 5.73 Å². The Bertz CT molecular complexity index is 1450. The molecule has 4 rings (SSSR count). The molecule has 4 heterocycles. The molecule has 34 heavy (non-hydrogen) atoms. The minimum absolute atomic E-state index is 0.000580. The summed E-state index contributed by atoms with van der Waals surface area (Å²) in [5.74, 6) is -1.48. The van der Waals surface area contributed by atoms with Gasteiger partial charge in [-0.15, -0.1) is 11.3 Å². The second-order valence-corrected chi connectivity index (χ2v) is 8.62. The van der Waals surface area contributed by atoms with E-state index in [-0.39, 0.29) is 31.9 Å². The molecule has 0 radical (unpaired) electrons. The third kappa shape index (κ3) is 3.91. The zero-order valence-electron chi connectivity index (χ0n) is 18.6. The van der Waals surface area contributed by atoms with Crippen molar-refractivity contribution in [2.24, 2.45) is 12.8 Å². The van der Waals surface area contributed by atoms with E-state index in [9.17, 15) is 22.8 Å². The first kappa shape index (κ1) is 23.4. The smallest absolute Gasteiger partial charge is 0.365 e. The molecule has 0 saturated heterocycles. The van der Waals surface area contributed by atoms with Gasteiger partial charge in [0.1, 0.15) is 15.4 Å². The van der Waals surface area contributed by atoms with Gasteiger partial charge >= 0.3 is 6.18 Å². The highest BCUT2D eigenvalue weighted by molar-refractivity contribution is 7.21. The van der Waals surface area contributed by atoms with Crippen LogP contribution >= 0.6 is 11.3 Å². The summed E-state index contributed by atoms with van der Waals surface area (Å²) in [6, 6.07) is 0.898. The van der Waals surface area contributed by atoms with E-state index < -0.39 is 23.7 Å². The number of nitrogens with one attached hydrogen (secondary N) is 1. The van der Waals surface area contributed by atoms with Gasteiger partial charge in [-0.1, -0.05) is 0 Å². The molecule has 4 aromatic heterocycles. The number of aryl methyl sites for hydroxylation is 3. The molecule has 0 aliphatic rings. The van der Waals surface area contributed by atoms with Crippen LogP contribution < -0.4 is 11.1 Å². The average Bonchev–Trinajstić information content (AvgIpc) is 3.41. The fourth-order valence-corrected chi connectivity index (χ4v) is 4.79. The molecule has 0 fully saturated rings. The summed E-state index contributed by atoms with van der Waals surface area (Å²) < 4.78 is 44.1. The van der Waals surface area contributed by atoms with Crippen LogP contribution in [0.1, 0.15) is 44.0 Å². The number of aromatic nitrogens is 5. The third-order valence-electron chi connectivity index (χ3n) is 5.37. The van der Waals surface area contributed by atoms with Crippen molar-refractivity contribution in [3.8, 4) is 11.1 Å². The van der Waals surface area contributed by atoms with Crippen molar-refractivity contribution < 1.29 is 22.8 Å². The van der Waals surface area contributed by atoms with Crippen LogP contribution in [0.3, 0.4) is 0 Å². The summed E-state index contributed by atoms with van der Waals surface area (Å²) in [5.41, 5.74) is 6.27. The van der Waals surface area contributed by atoms with E-state index in [2.05, 4.69) is 20.5 Å². The summed E-state index contributed by atoms with van der Waals surface area (Å²) in [4.78, 5) is 28.8. The minimum Gasteiger partial charge on any atom is -0.365 e. The number of nitrogens with zero attached hydrogens (tertiary/aromatic N) is 5. The van der Waals surface area contributed by atoms with Crippen LogP contribution in [-0.4, -0.2) is 36.4 Å². The van der Waals surface area contributed by atoms with E-state index in [1.807, 2.05) is 6.92 Å². The van der Waals surface area contributed by atoms with E-state index >= 15 is 0 Å². The fourth-order valence-electron chi connectivity index (χ4n) is 3.78. The van der Waals surface area contributed by atoms with Crippen LogP contribution in [0.25, 0.3) is 21.3 Å². The van der Waals surface area contributed by atoms with E-state index in [1.54, 1.807) is 25.6 Å². The standard InChI is InChI=1S/C21H20F3N7O2S/c1-5-31-10(3)12(7-26-31)11-6-14(21(22,23)24)27-20-15(11)16(17(34-20)18(25)32)28-19(33)13-8-30(4)29-9(13)2/h6-8H,5H2,1-4H3,(H2,25,32)(H,28,33). The Balaban J connectivity index is 2.02. The summed E-state index contributed by atoms with van der Waals surface area (Å²) in [6.07, 6.45) is -1.78. The van der Waals surface area contributed by atoms with Gasteiger partial charge in [-0.05, 0) is 32.4 Å². The first-order valence-electron chi connectivity index (χ1n) is 10.1. The van der Waals surface area contributed by atoms with Gasteiger partial charge in [0.15, 0.2) is 0 Å². The number of anilines is 1. The van der Waals surface area contributed by atoms with Crippen molar-refractivity contribution in [3.63, 3.8) is 0 Å². The maximum atomic E-state index is 13.7. The molecule has 4 aromatic rings. The van der Waals surface area contributed by atoms with Crippen molar-refractivity contribution in [2.75, 3.05) is 5.32 Å². The van der Waals surface area contributed by atoms with Crippen LogP contribution in [0, 0.1) is 13.8 Å². The minimum atomic E-state index is -4.73. The number of hydrogen-bond acceptors (Lipinski definition) is 6. The molecule has 3 N–H and O–H groups in total. The zero-order valence-corrected chi connectivity index (χ0v) is 19.4. The van der Waals surface area contributed by atoms with Crippen LogP contribution in [0.15, 0.2) is 18.5 Å². The number of amides is 2. The molecule has 0 unspecified atom stereocenters. The SMILES string of the molecule is CCn1ncc(-c2cc(C(F)(F)F)nc3sc(C(N)=O)c(NC(=O)c4cn(C)nc4C)c23)c1C. The summed E-state index contributed by atoms with van der Waals surface area (Å²) in [6.45, 7) is 5.72. The highest BCUT2D eigenvalue weighted by Gasteiger charge is 2.35. The predicted molar refractivity (Wildman–Crippen MR) is 121 cm³/mol. The van der Waals surface area contributed by atoms with Crippen molar-refractivity contribution in [1.82, 2.24) is 24.5 Å². The first-order chi connectivity index (χ1) is 15.9. The van der Waals surface area contributed by atoms with Gasteiger partial charge in [0, 0.05) is 36.4 Å². The molecular weight excluding hydrogens is 471 g/mol. The number of pyridine rings is 1. The van der Waals surface area contributed by atoms with Crippen molar-refractivity contribution in [3.05, 3.63) is 46.0 Å². The summed E-state index contributed by atoms with van der Waals surface area (Å²) in [5, 5.41) is 11.2. The lowest BCUT2D eigenvalue weighted by atomic mass is 10.0. The highest BCUT2D eigenvalue weighted by atomic mass is 32.1. The van der Waals surface area contributed by atoms with Crippen molar-refractivity contribution in [1.29, 1.82) is 0 Å². The number of halogens is 3. The molecule has 0 aliphatic carbocycles. The number of carbonyl (C=O) groups excluding carboxylic acids is 2. The maximum Gasteiger partial charge on any atom is 0.433 e. The first-order valence-corrected chi connectivity index (χ1v) is 10.9. The Morgan fingerprint density at radius 1 is 1.24 bits per heavy atom. The molecule has 0 aliphatic heterocycles. The molecule has 0 spiro atoms. The lowest BCUT2D eigenvalue weighted by molar-refractivity contribution is -0.140. The molecule has 178 valence electrons. The van der Waals surface area contributed by atoms with E-state index in [0.717, 1.165) is 6.07 Å². The Kier molecular flexibility index (Phi) is 5.67. The normalized spacial score (nSPS) is 11.9. The Hall–Kier alpha value is -3.74. The molecule has 13 heteroatoms. The van der Waals surface area contributed by atoms with Gasteiger partial charge in [0.05, 0.1) is 23.1 Å². The third-order valence-corrected chi connectivity index (χ3v) is 6.46. The number of primary amides is 1. The average molecular weight is 491 g/mol. The summed E-state index contributed by atoms with van der Waals surface area (Å²) in [7, 11) is 1.65. The van der Waals surface area contributed by atoms with Crippen LogP contribution in [0.4, 0.5) is 18.9 Å². The Labute approximate surface area is 195 Å². The van der Waals surface area contributed by atoms with Crippen LogP contribution in [0.2, 0.25) is 0 Å². The number of nitrogens with two attached hydrogens (primary N) is 1. The quantitative estimate of drug-likeness (QED) is 0.439. The Morgan fingerprint density at radius 2 is 1.94 bits per heavy atom. The lowest BCUT2D eigenvalue weighted by Crippen LogP contribution is -2.17. The predicted octanol–water partition coefficient (Wildman–Crippen LogP) is 3.90. The van der Waals surface area contributed by atoms with Crippen molar-refractivity contribution in [2.45, 2.75) is 33.5 Å². The number of rotatable bonds is 5. The van der Waals surface area contributed by atoms with Gasteiger partial charge in [0.25, 0.3) is 11.8 Å². The fraction of sp³-hybridized carbons (Fsp3) is 0.286. The number of carbonyl (C=O) groups is 2. The molecule has 0 saturated carbocycles. The molecule has 9 nitrogen and oxygen atoms in total. The summed E-state index contributed by atoms with van der Waals surface area (Å²) >= 11 is 0.688. The molecule has 0 aromatic carbocycles. The largest absolute Gasteiger partial charge is 0.433 e. The lowest BCUT2D eigenvalue weighted by Gasteiger charge is -2.12. The molecule has 0 bridgehead atoms. The number of hydrogen-bond donors (Lipinski definition) is 2. The highest BCUT2D eigenvalue weighted by Crippen LogP contribution is 2.44. The monoisotopic (exact) mass is 491 g/mol. The van der Waals surface area contributed by atoms with E-state index in [0.29, 0.717) is 34.8 Å². The van der Waals surface area contributed by atoms with Crippen LogP contribution in [-0.2, 0) is 19.8 Å². The Morgan fingerprint density at radius 3 is 2.47 bits per heavy atom. The van der Waals surface area contributed by atoms with Crippen molar-refractivity contribution >= 4 is 39.1 Å². The second-order valence-electron chi connectivity index (χ2n) is 7.62. The van der Waals surface area contributed by atoms with E-state index in [1.165, 1.54) is 17.1 Å². The molecule has 0 atom stereocenters. The number of alkyl halides is 3. The zero-order chi connectivity index (χ0) is 24.9. The van der Waals surface area contributed by atoms with Gasteiger partial charge in [-0.25, -0.2) is 4.98 Å². The topological polar surface area (TPSA) is 121 Å².